The Morgan fingerprint density at radius 2 is 2.05 bits per heavy atom. The molecule has 0 saturated carbocycles. The van der Waals surface area contributed by atoms with Gasteiger partial charge in [0, 0.05) is 37.4 Å². The molecule has 1 aliphatic rings. The van der Waals surface area contributed by atoms with E-state index in [-0.39, 0.29) is 17.5 Å². The van der Waals surface area contributed by atoms with Crippen LogP contribution in [0.5, 0.6) is 0 Å². The highest BCUT2D eigenvalue weighted by Crippen LogP contribution is 2.20. The lowest BCUT2D eigenvalue weighted by Crippen LogP contribution is -2.50. The Kier molecular flexibility index (Phi) is 4.56. The SMILES string of the molecule is CCn1cc(N)c(C(=O)NC2CCN(C(C)(C)C)CC2)n1. The molecule has 0 spiro atoms. The highest BCUT2D eigenvalue weighted by Gasteiger charge is 2.28. The summed E-state index contributed by atoms with van der Waals surface area (Å²) < 4.78 is 1.69. The molecule has 0 aliphatic carbocycles. The van der Waals surface area contributed by atoms with Crippen molar-refractivity contribution in [1.29, 1.82) is 0 Å². The summed E-state index contributed by atoms with van der Waals surface area (Å²) in [5, 5.41) is 7.28. The van der Waals surface area contributed by atoms with E-state index in [1.807, 2.05) is 6.92 Å². The number of likely N-dealkylation sites (tertiary alicyclic amines) is 1. The summed E-state index contributed by atoms with van der Waals surface area (Å²) in [6.07, 6.45) is 3.64. The first-order valence-corrected chi connectivity index (χ1v) is 7.70. The number of nitrogens with zero attached hydrogens (tertiary/aromatic N) is 3. The first-order valence-electron chi connectivity index (χ1n) is 7.70. The lowest BCUT2D eigenvalue weighted by molar-refractivity contribution is 0.0809. The molecule has 1 saturated heterocycles. The molecule has 1 fully saturated rings. The maximum absolute atomic E-state index is 12.3. The topological polar surface area (TPSA) is 76.2 Å². The van der Waals surface area contributed by atoms with E-state index >= 15 is 0 Å². The van der Waals surface area contributed by atoms with Crippen molar-refractivity contribution in [1.82, 2.24) is 20.0 Å². The van der Waals surface area contributed by atoms with E-state index in [4.69, 9.17) is 5.73 Å². The lowest BCUT2D eigenvalue weighted by atomic mass is 9.98. The van der Waals surface area contributed by atoms with E-state index < -0.39 is 0 Å². The molecule has 0 radical (unpaired) electrons. The molecule has 1 aliphatic heterocycles. The Morgan fingerprint density at radius 3 is 2.52 bits per heavy atom. The van der Waals surface area contributed by atoms with Crippen LogP contribution in [-0.4, -0.2) is 45.3 Å². The van der Waals surface area contributed by atoms with E-state index in [0.29, 0.717) is 17.9 Å². The summed E-state index contributed by atoms with van der Waals surface area (Å²) in [5.74, 6) is -0.158. The zero-order chi connectivity index (χ0) is 15.6. The Morgan fingerprint density at radius 1 is 1.43 bits per heavy atom. The minimum atomic E-state index is -0.158. The summed E-state index contributed by atoms with van der Waals surface area (Å²) in [7, 11) is 0. The number of rotatable bonds is 3. The second kappa shape index (κ2) is 6.05. The smallest absolute Gasteiger partial charge is 0.274 e. The molecule has 0 unspecified atom stereocenters. The molecule has 118 valence electrons. The summed E-state index contributed by atoms with van der Waals surface area (Å²) in [4.78, 5) is 14.7. The second-order valence-electron chi connectivity index (χ2n) is 6.69. The van der Waals surface area contributed by atoms with Crippen molar-refractivity contribution in [3.8, 4) is 0 Å². The van der Waals surface area contributed by atoms with E-state index in [0.717, 1.165) is 25.9 Å². The molecule has 0 aromatic carbocycles. The number of piperidine rings is 1. The van der Waals surface area contributed by atoms with Crippen LogP contribution in [0.15, 0.2) is 6.20 Å². The Bertz CT molecular complexity index is 495. The number of aromatic nitrogens is 2. The lowest BCUT2D eigenvalue weighted by Gasteiger charge is -2.40. The van der Waals surface area contributed by atoms with E-state index in [2.05, 4.69) is 36.1 Å². The van der Waals surface area contributed by atoms with Gasteiger partial charge in [-0.05, 0) is 40.5 Å². The molecule has 1 aromatic heterocycles. The van der Waals surface area contributed by atoms with Crippen molar-refractivity contribution in [3.05, 3.63) is 11.9 Å². The molecule has 0 bridgehead atoms. The fourth-order valence-corrected chi connectivity index (χ4v) is 2.72. The molecule has 6 nitrogen and oxygen atoms in total. The van der Waals surface area contributed by atoms with E-state index in [9.17, 15) is 4.79 Å². The van der Waals surface area contributed by atoms with Gasteiger partial charge in [0.25, 0.3) is 5.91 Å². The molecule has 1 amide bonds. The van der Waals surface area contributed by atoms with Crippen molar-refractivity contribution in [2.45, 2.75) is 58.7 Å². The minimum absolute atomic E-state index is 0.158. The first-order chi connectivity index (χ1) is 9.81. The predicted molar refractivity (Wildman–Crippen MR) is 84.1 cm³/mol. The maximum atomic E-state index is 12.3. The number of nitrogen functional groups attached to an aromatic ring is 1. The number of aryl methyl sites for hydroxylation is 1. The zero-order valence-corrected chi connectivity index (χ0v) is 13.5. The third kappa shape index (κ3) is 3.75. The van der Waals surface area contributed by atoms with Crippen LogP contribution >= 0.6 is 0 Å². The number of carbonyl (C=O) groups excluding carboxylic acids is 1. The molecular weight excluding hydrogens is 266 g/mol. The van der Waals surface area contributed by atoms with Gasteiger partial charge in [-0.2, -0.15) is 5.10 Å². The van der Waals surface area contributed by atoms with Crippen LogP contribution in [0.4, 0.5) is 5.69 Å². The highest BCUT2D eigenvalue weighted by atomic mass is 16.2. The van der Waals surface area contributed by atoms with Crippen LogP contribution in [0.1, 0.15) is 51.0 Å². The van der Waals surface area contributed by atoms with Crippen LogP contribution in [0.3, 0.4) is 0 Å². The Hall–Kier alpha value is -1.56. The average molecular weight is 293 g/mol. The second-order valence-corrected chi connectivity index (χ2v) is 6.69. The molecule has 6 heteroatoms. The molecule has 1 aromatic rings. The first kappa shape index (κ1) is 15.8. The van der Waals surface area contributed by atoms with Crippen molar-refractivity contribution in [2.24, 2.45) is 0 Å². The summed E-state index contributed by atoms with van der Waals surface area (Å²) >= 11 is 0. The van der Waals surface area contributed by atoms with Crippen LogP contribution in [0.2, 0.25) is 0 Å². The van der Waals surface area contributed by atoms with Crippen molar-refractivity contribution in [3.63, 3.8) is 0 Å². The van der Waals surface area contributed by atoms with Gasteiger partial charge in [-0.15, -0.1) is 0 Å². The summed E-state index contributed by atoms with van der Waals surface area (Å²) in [6, 6.07) is 0.210. The molecule has 2 rings (SSSR count). The van der Waals surface area contributed by atoms with E-state index in [1.165, 1.54) is 0 Å². The largest absolute Gasteiger partial charge is 0.396 e. The van der Waals surface area contributed by atoms with Gasteiger partial charge in [0.2, 0.25) is 0 Å². The summed E-state index contributed by atoms with van der Waals surface area (Å²) in [6.45, 7) is 11.4. The average Bonchev–Trinajstić information content (AvgIpc) is 2.80. The zero-order valence-electron chi connectivity index (χ0n) is 13.5. The predicted octanol–water partition coefficient (Wildman–Crippen LogP) is 1.48. The quantitative estimate of drug-likeness (QED) is 0.885. The standard InChI is InChI=1S/C15H27N5O/c1-5-20-10-12(16)13(18-20)14(21)17-11-6-8-19(9-7-11)15(2,3)4/h10-11H,5-9,16H2,1-4H3,(H,17,21). The molecule has 21 heavy (non-hydrogen) atoms. The number of nitrogens with one attached hydrogen (secondary N) is 1. The Balaban J connectivity index is 1.91. The molecule has 3 N–H and O–H groups in total. The minimum Gasteiger partial charge on any atom is -0.396 e. The monoisotopic (exact) mass is 293 g/mol. The number of hydrogen-bond donors (Lipinski definition) is 2. The van der Waals surface area contributed by atoms with Gasteiger partial charge in [0.1, 0.15) is 0 Å². The number of carbonyl (C=O) groups is 1. The number of anilines is 1. The van der Waals surface area contributed by atoms with Gasteiger partial charge in [0.05, 0.1) is 5.69 Å². The normalized spacial score (nSPS) is 17.9. The third-order valence-corrected chi connectivity index (χ3v) is 4.11. The van der Waals surface area contributed by atoms with Crippen molar-refractivity contribution >= 4 is 11.6 Å². The van der Waals surface area contributed by atoms with Crippen molar-refractivity contribution < 1.29 is 4.79 Å². The molecule has 2 heterocycles. The van der Waals surface area contributed by atoms with Gasteiger partial charge < -0.3 is 11.1 Å². The van der Waals surface area contributed by atoms with E-state index in [1.54, 1.807) is 10.9 Å². The van der Waals surface area contributed by atoms with Gasteiger partial charge in [-0.1, -0.05) is 0 Å². The fourth-order valence-electron chi connectivity index (χ4n) is 2.72. The maximum Gasteiger partial charge on any atom is 0.274 e. The van der Waals surface area contributed by atoms with Crippen LogP contribution in [-0.2, 0) is 6.54 Å². The number of amides is 1. The fraction of sp³-hybridized carbons (Fsp3) is 0.733. The third-order valence-electron chi connectivity index (χ3n) is 4.11. The van der Waals surface area contributed by atoms with Gasteiger partial charge in [-0.3, -0.25) is 14.4 Å². The Labute approximate surface area is 126 Å². The number of nitrogens with two attached hydrogens (primary N) is 1. The van der Waals surface area contributed by atoms with Gasteiger partial charge in [-0.25, -0.2) is 0 Å². The van der Waals surface area contributed by atoms with Crippen molar-refractivity contribution in [2.75, 3.05) is 18.8 Å². The molecular formula is C15H27N5O. The van der Waals surface area contributed by atoms with Crippen LogP contribution < -0.4 is 11.1 Å². The van der Waals surface area contributed by atoms with Gasteiger partial charge in [0.15, 0.2) is 5.69 Å². The van der Waals surface area contributed by atoms with Crippen LogP contribution in [0, 0.1) is 0 Å². The summed E-state index contributed by atoms with van der Waals surface area (Å²) in [5.41, 5.74) is 6.83. The van der Waals surface area contributed by atoms with Gasteiger partial charge >= 0.3 is 0 Å². The van der Waals surface area contributed by atoms with Crippen LogP contribution in [0.25, 0.3) is 0 Å². The number of hydrogen-bond acceptors (Lipinski definition) is 4. The molecule has 0 atom stereocenters. The highest BCUT2D eigenvalue weighted by molar-refractivity contribution is 5.97.